The lowest BCUT2D eigenvalue weighted by Gasteiger charge is -2.38. The lowest BCUT2D eigenvalue weighted by Crippen LogP contribution is -2.58. The molecule has 4 nitrogen and oxygen atoms in total. The highest BCUT2D eigenvalue weighted by molar-refractivity contribution is 8.04. The highest BCUT2D eigenvalue weighted by Crippen LogP contribution is 2.49. The number of fused-ring (bicyclic) bond motifs is 2. The first-order chi connectivity index (χ1) is 11.0. The number of thiocarbonyl (C=S) groups is 1. The van der Waals surface area contributed by atoms with Crippen molar-refractivity contribution in [1.29, 1.82) is 0 Å². The molecule has 120 valence electrons. The van der Waals surface area contributed by atoms with Crippen molar-refractivity contribution in [3.63, 3.8) is 0 Å². The molecule has 3 aliphatic heterocycles. The summed E-state index contributed by atoms with van der Waals surface area (Å²) in [6, 6.07) is 9.60. The Balaban J connectivity index is 1.70. The fourth-order valence-corrected chi connectivity index (χ4v) is 5.17. The predicted molar refractivity (Wildman–Crippen MR) is 96.2 cm³/mol. The summed E-state index contributed by atoms with van der Waals surface area (Å²) in [6.07, 6.45) is 0.791. The number of nitrogens with one attached hydrogen (secondary N) is 1. The van der Waals surface area contributed by atoms with Gasteiger partial charge < -0.3 is 10.1 Å². The number of carbonyl (C=O) groups excluding carboxylic acids is 1. The molecule has 1 aromatic carbocycles. The highest BCUT2D eigenvalue weighted by Gasteiger charge is 2.50. The first-order valence-corrected chi connectivity index (χ1v) is 8.97. The first-order valence-electron chi connectivity index (χ1n) is 7.68. The van der Waals surface area contributed by atoms with Gasteiger partial charge in [0.25, 0.3) is 0 Å². The van der Waals surface area contributed by atoms with Gasteiger partial charge in [0.2, 0.25) is 5.91 Å². The van der Waals surface area contributed by atoms with E-state index in [0.29, 0.717) is 11.7 Å². The van der Waals surface area contributed by atoms with Crippen molar-refractivity contribution in [3.05, 3.63) is 40.8 Å². The van der Waals surface area contributed by atoms with Crippen LogP contribution in [0.15, 0.2) is 40.8 Å². The molecule has 0 saturated carbocycles. The fourth-order valence-electron chi connectivity index (χ4n) is 3.40. The van der Waals surface area contributed by atoms with Crippen LogP contribution in [-0.2, 0) is 9.53 Å². The molecule has 3 heterocycles. The third kappa shape index (κ3) is 2.49. The number of anilines is 1. The zero-order valence-electron chi connectivity index (χ0n) is 13.0. The molecule has 4 rings (SSSR count). The maximum Gasteiger partial charge on any atom is 0.243 e. The number of hydrogen-bond acceptors (Lipinski definition) is 4. The Hall–Kier alpha value is -1.37. The van der Waals surface area contributed by atoms with E-state index in [9.17, 15) is 4.79 Å². The smallest absolute Gasteiger partial charge is 0.243 e. The molecule has 0 aromatic heterocycles. The van der Waals surface area contributed by atoms with Gasteiger partial charge in [-0.1, -0.05) is 18.2 Å². The minimum Gasteiger partial charge on any atom is -0.370 e. The van der Waals surface area contributed by atoms with Crippen LogP contribution < -0.4 is 10.2 Å². The molecular formula is C17H18N2O2S2. The average molecular weight is 346 g/mol. The second-order valence-electron chi connectivity index (χ2n) is 6.65. The quantitative estimate of drug-likeness (QED) is 0.792. The van der Waals surface area contributed by atoms with Crippen LogP contribution in [0.5, 0.6) is 0 Å². The maximum absolute atomic E-state index is 13.2. The Morgan fingerprint density at radius 2 is 2.09 bits per heavy atom. The van der Waals surface area contributed by atoms with E-state index in [-0.39, 0.29) is 22.8 Å². The molecule has 1 N–H and O–H groups in total. The molecule has 3 aliphatic rings. The van der Waals surface area contributed by atoms with Crippen LogP contribution in [-0.4, -0.2) is 28.6 Å². The van der Waals surface area contributed by atoms with Gasteiger partial charge in [-0.15, -0.1) is 11.8 Å². The van der Waals surface area contributed by atoms with Crippen molar-refractivity contribution >= 4 is 40.7 Å². The zero-order chi connectivity index (χ0) is 16.2. The van der Waals surface area contributed by atoms with E-state index in [4.69, 9.17) is 17.0 Å². The zero-order valence-corrected chi connectivity index (χ0v) is 14.7. The van der Waals surface area contributed by atoms with Gasteiger partial charge in [-0.3, -0.25) is 9.69 Å². The van der Waals surface area contributed by atoms with Gasteiger partial charge in [-0.2, -0.15) is 0 Å². The minimum absolute atomic E-state index is 0.00235. The summed E-state index contributed by atoms with van der Waals surface area (Å²) in [7, 11) is 0. The van der Waals surface area contributed by atoms with Gasteiger partial charge in [-0.05, 0) is 50.2 Å². The van der Waals surface area contributed by atoms with Crippen molar-refractivity contribution in [2.45, 2.75) is 31.2 Å². The van der Waals surface area contributed by atoms with Crippen molar-refractivity contribution in [1.82, 2.24) is 5.32 Å². The van der Waals surface area contributed by atoms with Crippen molar-refractivity contribution in [3.8, 4) is 0 Å². The van der Waals surface area contributed by atoms with Gasteiger partial charge in [0.15, 0.2) is 5.11 Å². The van der Waals surface area contributed by atoms with E-state index < -0.39 is 0 Å². The number of amides is 1. The SMILES string of the molecule is CC1(C)CC2=C(CO1)SC1NC(=S)N(c3ccccc3)C(=O)C21. The number of benzene rings is 1. The van der Waals surface area contributed by atoms with E-state index in [1.54, 1.807) is 16.7 Å². The van der Waals surface area contributed by atoms with Crippen LogP contribution >= 0.6 is 24.0 Å². The summed E-state index contributed by atoms with van der Waals surface area (Å²) >= 11 is 7.14. The predicted octanol–water partition coefficient (Wildman–Crippen LogP) is 3.05. The Morgan fingerprint density at radius 1 is 1.35 bits per heavy atom. The Labute approximate surface area is 145 Å². The second-order valence-corrected chi connectivity index (χ2v) is 8.27. The number of thioether (sulfide) groups is 1. The third-order valence-electron chi connectivity index (χ3n) is 4.49. The van der Waals surface area contributed by atoms with Crippen molar-refractivity contribution < 1.29 is 9.53 Å². The van der Waals surface area contributed by atoms with E-state index in [2.05, 4.69) is 19.2 Å². The highest BCUT2D eigenvalue weighted by atomic mass is 32.2. The van der Waals surface area contributed by atoms with Gasteiger partial charge in [0.1, 0.15) is 0 Å². The molecule has 23 heavy (non-hydrogen) atoms. The molecule has 0 aliphatic carbocycles. The lowest BCUT2D eigenvalue weighted by molar-refractivity contribution is -0.121. The van der Waals surface area contributed by atoms with Crippen LogP contribution in [0.25, 0.3) is 0 Å². The summed E-state index contributed by atoms with van der Waals surface area (Å²) in [6.45, 7) is 4.75. The van der Waals surface area contributed by atoms with Crippen LogP contribution in [0.1, 0.15) is 20.3 Å². The largest absolute Gasteiger partial charge is 0.370 e. The van der Waals surface area contributed by atoms with Crippen LogP contribution in [0.3, 0.4) is 0 Å². The number of para-hydroxylation sites is 1. The topological polar surface area (TPSA) is 41.6 Å². The van der Waals surface area contributed by atoms with E-state index in [0.717, 1.165) is 12.1 Å². The van der Waals surface area contributed by atoms with Gasteiger partial charge >= 0.3 is 0 Å². The Bertz CT molecular complexity index is 715. The van der Waals surface area contributed by atoms with Gasteiger partial charge in [0.05, 0.1) is 29.2 Å². The molecule has 2 atom stereocenters. The number of ether oxygens (including phenoxy) is 1. The number of carbonyl (C=O) groups is 1. The van der Waals surface area contributed by atoms with Crippen LogP contribution in [0, 0.1) is 5.92 Å². The molecule has 0 bridgehead atoms. The molecule has 1 amide bonds. The lowest BCUT2D eigenvalue weighted by atomic mass is 9.85. The maximum atomic E-state index is 13.2. The molecule has 1 aromatic rings. The summed E-state index contributed by atoms with van der Waals surface area (Å²) in [5, 5.41) is 3.82. The summed E-state index contributed by atoms with van der Waals surface area (Å²) in [5.41, 5.74) is 1.82. The number of nitrogens with zero attached hydrogens (tertiary/aromatic N) is 1. The molecule has 1 saturated heterocycles. The molecule has 2 unspecified atom stereocenters. The first kappa shape index (κ1) is 15.2. The average Bonchev–Trinajstić information content (AvgIpc) is 2.84. The number of rotatable bonds is 1. The van der Waals surface area contributed by atoms with E-state index in [1.807, 2.05) is 30.3 Å². The van der Waals surface area contributed by atoms with Crippen LogP contribution in [0.4, 0.5) is 5.69 Å². The van der Waals surface area contributed by atoms with E-state index in [1.165, 1.54) is 10.5 Å². The molecule has 1 fully saturated rings. The Kier molecular flexibility index (Phi) is 3.51. The summed E-state index contributed by atoms with van der Waals surface area (Å²) < 4.78 is 5.89. The summed E-state index contributed by atoms with van der Waals surface area (Å²) in [5.74, 6) is -0.0924. The molecule has 6 heteroatoms. The van der Waals surface area contributed by atoms with Gasteiger partial charge in [-0.25, -0.2) is 0 Å². The number of hydrogen-bond donors (Lipinski definition) is 1. The molecular weight excluding hydrogens is 328 g/mol. The molecule has 0 spiro atoms. The third-order valence-corrected chi connectivity index (χ3v) is 6.09. The minimum atomic E-state index is -0.218. The van der Waals surface area contributed by atoms with Crippen molar-refractivity contribution in [2.75, 3.05) is 11.5 Å². The second kappa shape index (κ2) is 5.33. The normalized spacial score (nSPS) is 29.2. The molecule has 0 radical (unpaired) electrons. The standard InChI is InChI=1S/C17H18N2O2S2/c1-17(2)8-11-12(9-21-17)23-14-13(11)15(20)19(16(22)18-14)10-6-4-3-5-7-10/h3-7,13-14H,8-9H2,1-2H3,(H,18,22). The fraction of sp³-hybridized carbons (Fsp3) is 0.412. The monoisotopic (exact) mass is 346 g/mol. The van der Waals surface area contributed by atoms with Crippen LogP contribution in [0.2, 0.25) is 0 Å². The Morgan fingerprint density at radius 3 is 2.83 bits per heavy atom. The summed E-state index contributed by atoms with van der Waals surface area (Å²) in [4.78, 5) is 16.0. The van der Waals surface area contributed by atoms with Gasteiger partial charge in [0, 0.05) is 4.91 Å². The van der Waals surface area contributed by atoms with Crippen molar-refractivity contribution in [2.24, 2.45) is 5.92 Å². The van der Waals surface area contributed by atoms with E-state index >= 15 is 0 Å².